The summed E-state index contributed by atoms with van der Waals surface area (Å²) in [4.78, 5) is 27.7. The monoisotopic (exact) mass is 420 g/mol. The van der Waals surface area contributed by atoms with E-state index in [4.69, 9.17) is 9.15 Å². The SMILES string of the molecule is Cn1c(=O)oc2ccc(-c3ccc(CC(C#N)NC(=O)[C@@H]4C=NC=CO4)c(F)c3)cc21. The minimum atomic E-state index is -0.937. The number of oxazole rings is 1. The highest BCUT2D eigenvalue weighted by Gasteiger charge is 2.22. The number of nitrogens with one attached hydrogen (secondary N) is 1. The highest BCUT2D eigenvalue weighted by molar-refractivity contribution is 5.97. The van der Waals surface area contributed by atoms with Crippen LogP contribution < -0.4 is 11.1 Å². The number of nitriles is 1. The number of fused-ring (bicyclic) bond motifs is 1. The Kier molecular flexibility index (Phi) is 5.37. The molecule has 2 aromatic carbocycles. The molecule has 1 aliphatic rings. The number of nitrogens with zero attached hydrogens (tertiary/aromatic N) is 3. The number of carbonyl (C=O) groups is 1. The molecular formula is C22H17FN4O4. The van der Waals surface area contributed by atoms with Gasteiger partial charge in [-0.05, 0) is 34.9 Å². The van der Waals surface area contributed by atoms with Crippen molar-refractivity contribution in [1.82, 2.24) is 9.88 Å². The van der Waals surface area contributed by atoms with Gasteiger partial charge in [-0.3, -0.25) is 14.4 Å². The van der Waals surface area contributed by atoms with Crippen LogP contribution >= 0.6 is 0 Å². The van der Waals surface area contributed by atoms with Crippen LogP contribution in [0.3, 0.4) is 0 Å². The van der Waals surface area contributed by atoms with Crippen molar-refractivity contribution in [1.29, 1.82) is 5.26 Å². The number of hydrogen-bond acceptors (Lipinski definition) is 6. The Morgan fingerprint density at radius 3 is 2.81 bits per heavy atom. The van der Waals surface area contributed by atoms with Gasteiger partial charge in [-0.15, -0.1) is 0 Å². The number of hydrogen-bond donors (Lipinski definition) is 1. The lowest BCUT2D eigenvalue weighted by Crippen LogP contribution is -2.43. The molecule has 3 aromatic rings. The predicted octanol–water partition coefficient (Wildman–Crippen LogP) is 2.43. The molecule has 2 atom stereocenters. The Morgan fingerprint density at radius 1 is 1.32 bits per heavy atom. The molecule has 1 unspecified atom stereocenters. The Balaban J connectivity index is 1.51. The van der Waals surface area contributed by atoms with Gasteiger partial charge in [0.2, 0.25) is 6.10 Å². The molecule has 0 radical (unpaired) electrons. The Labute approximate surface area is 175 Å². The van der Waals surface area contributed by atoms with E-state index in [1.807, 2.05) is 6.07 Å². The quantitative estimate of drug-likeness (QED) is 0.682. The summed E-state index contributed by atoms with van der Waals surface area (Å²) in [7, 11) is 1.60. The van der Waals surface area contributed by atoms with E-state index in [1.54, 1.807) is 37.4 Å². The van der Waals surface area contributed by atoms with Gasteiger partial charge >= 0.3 is 5.76 Å². The summed E-state index contributed by atoms with van der Waals surface area (Å²) in [6.45, 7) is 0. The lowest BCUT2D eigenvalue weighted by atomic mass is 10.00. The van der Waals surface area contributed by atoms with Gasteiger partial charge in [-0.2, -0.15) is 5.26 Å². The summed E-state index contributed by atoms with van der Waals surface area (Å²) >= 11 is 0. The number of carbonyl (C=O) groups excluding carboxylic acids is 1. The van der Waals surface area contributed by atoms with Crippen LogP contribution in [0.4, 0.5) is 4.39 Å². The van der Waals surface area contributed by atoms with Gasteiger partial charge in [0, 0.05) is 13.5 Å². The van der Waals surface area contributed by atoms with Crippen molar-refractivity contribution in [3.8, 4) is 17.2 Å². The highest BCUT2D eigenvalue weighted by atomic mass is 19.1. The number of benzene rings is 2. The molecule has 0 bridgehead atoms. The zero-order valence-electron chi connectivity index (χ0n) is 16.4. The molecule has 156 valence electrons. The van der Waals surface area contributed by atoms with Gasteiger partial charge in [0.15, 0.2) is 5.58 Å². The van der Waals surface area contributed by atoms with Gasteiger partial charge in [-0.25, -0.2) is 9.18 Å². The van der Waals surface area contributed by atoms with Crippen molar-refractivity contribution < 1.29 is 18.3 Å². The van der Waals surface area contributed by atoms with Crippen LogP contribution in [0.25, 0.3) is 22.2 Å². The maximum absolute atomic E-state index is 14.8. The summed E-state index contributed by atoms with van der Waals surface area (Å²) in [6, 6.07) is 10.8. The molecule has 0 saturated carbocycles. The minimum Gasteiger partial charge on any atom is -0.481 e. The third-order valence-electron chi connectivity index (χ3n) is 4.93. The number of amides is 1. The van der Waals surface area contributed by atoms with Crippen molar-refractivity contribution in [3.63, 3.8) is 0 Å². The fraction of sp³-hybridized carbons (Fsp3) is 0.182. The van der Waals surface area contributed by atoms with Crippen LogP contribution in [0.15, 0.2) is 63.1 Å². The Hall–Kier alpha value is -4.19. The molecular weight excluding hydrogens is 403 g/mol. The van der Waals surface area contributed by atoms with E-state index in [9.17, 15) is 19.2 Å². The average Bonchev–Trinajstić information content (AvgIpc) is 3.08. The number of halogens is 1. The molecule has 9 heteroatoms. The second-order valence-electron chi connectivity index (χ2n) is 6.95. The van der Waals surface area contributed by atoms with Gasteiger partial charge in [-0.1, -0.05) is 18.2 Å². The van der Waals surface area contributed by atoms with Crippen LogP contribution in [0.2, 0.25) is 0 Å². The zero-order chi connectivity index (χ0) is 22.0. The van der Waals surface area contributed by atoms with E-state index in [0.29, 0.717) is 22.2 Å². The Morgan fingerprint density at radius 2 is 2.10 bits per heavy atom. The second-order valence-corrected chi connectivity index (χ2v) is 6.95. The largest absolute Gasteiger partial charge is 0.481 e. The summed E-state index contributed by atoms with van der Waals surface area (Å²) in [5.74, 6) is -1.51. The van der Waals surface area contributed by atoms with Gasteiger partial charge in [0.05, 0.1) is 24.0 Å². The summed E-state index contributed by atoms with van der Waals surface area (Å²) in [5.41, 5.74) is 2.64. The molecule has 0 saturated heterocycles. The van der Waals surface area contributed by atoms with Crippen molar-refractivity contribution in [3.05, 3.63) is 70.8 Å². The van der Waals surface area contributed by atoms with Crippen LogP contribution in [0.5, 0.6) is 0 Å². The maximum Gasteiger partial charge on any atom is 0.419 e. The minimum absolute atomic E-state index is 0.0106. The Bertz CT molecular complexity index is 1320. The molecule has 1 amide bonds. The van der Waals surface area contributed by atoms with Crippen LogP contribution in [0.1, 0.15) is 5.56 Å². The van der Waals surface area contributed by atoms with Gasteiger partial charge < -0.3 is 14.5 Å². The normalized spacial score (nSPS) is 16.0. The fourth-order valence-electron chi connectivity index (χ4n) is 3.25. The van der Waals surface area contributed by atoms with E-state index in [-0.39, 0.29) is 12.0 Å². The molecule has 0 aliphatic carbocycles. The van der Waals surface area contributed by atoms with Crippen LogP contribution in [-0.2, 0) is 23.0 Å². The molecule has 2 heterocycles. The van der Waals surface area contributed by atoms with E-state index < -0.39 is 29.6 Å². The standard InChI is InChI=1S/C22H17FN4O4/c1-27-18-10-14(4-5-19(18)31-22(27)29)13-2-3-15(17(23)9-13)8-16(11-24)26-21(28)20-12-25-6-7-30-20/h2-7,9-10,12,16,20H,8H2,1H3,(H,26,28)/t16?,20-/m0/s1. The number of ether oxygens (including phenoxy) is 1. The van der Waals surface area contributed by atoms with Crippen LogP contribution in [-0.4, -0.2) is 28.8 Å². The van der Waals surface area contributed by atoms with E-state index in [2.05, 4.69) is 10.3 Å². The van der Waals surface area contributed by atoms with Crippen molar-refractivity contribution >= 4 is 23.2 Å². The molecule has 4 rings (SSSR count). The zero-order valence-corrected chi connectivity index (χ0v) is 16.4. The number of aliphatic imine (C=N–C) groups is 1. The summed E-state index contributed by atoms with van der Waals surface area (Å²) in [6.07, 6.45) is 3.05. The third kappa shape index (κ3) is 4.09. The first-order valence-corrected chi connectivity index (χ1v) is 9.38. The third-order valence-corrected chi connectivity index (χ3v) is 4.93. The maximum atomic E-state index is 14.8. The van der Waals surface area contributed by atoms with Gasteiger partial charge in [0.25, 0.3) is 5.91 Å². The predicted molar refractivity (Wildman–Crippen MR) is 111 cm³/mol. The average molecular weight is 420 g/mol. The number of aryl methyl sites for hydroxylation is 1. The first-order valence-electron chi connectivity index (χ1n) is 9.38. The van der Waals surface area contributed by atoms with Gasteiger partial charge in [0.1, 0.15) is 18.1 Å². The first kappa shape index (κ1) is 20.1. The highest BCUT2D eigenvalue weighted by Crippen LogP contribution is 2.26. The molecule has 1 N–H and O–H groups in total. The lowest BCUT2D eigenvalue weighted by Gasteiger charge is -2.17. The van der Waals surface area contributed by atoms with E-state index in [0.717, 1.165) is 0 Å². The molecule has 0 fully saturated rings. The summed E-state index contributed by atoms with van der Waals surface area (Å²) in [5, 5.41) is 11.9. The fourth-order valence-corrected chi connectivity index (χ4v) is 3.25. The topological polar surface area (TPSA) is 110 Å². The molecule has 31 heavy (non-hydrogen) atoms. The lowest BCUT2D eigenvalue weighted by molar-refractivity contribution is -0.126. The molecule has 8 nitrogen and oxygen atoms in total. The molecule has 1 aliphatic heterocycles. The van der Waals surface area contributed by atoms with Crippen molar-refractivity contribution in [2.24, 2.45) is 12.0 Å². The first-order chi connectivity index (χ1) is 15.0. The molecule has 0 spiro atoms. The van der Waals surface area contributed by atoms with Crippen LogP contribution in [0, 0.1) is 17.1 Å². The van der Waals surface area contributed by atoms with Crippen molar-refractivity contribution in [2.45, 2.75) is 18.6 Å². The second kappa shape index (κ2) is 8.28. The van der Waals surface area contributed by atoms with E-state index >= 15 is 0 Å². The smallest absolute Gasteiger partial charge is 0.419 e. The van der Waals surface area contributed by atoms with Crippen molar-refractivity contribution in [2.75, 3.05) is 0 Å². The number of aromatic nitrogens is 1. The summed E-state index contributed by atoms with van der Waals surface area (Å²) < 4.78 is 26.4. The van der Waals surface area contributed by atoms with E-state index in [1.165, 1.54) is 29.3 Å². The number of rotatable bonds is 5. The molecule has 1 aromatic heterocycles.